The molecule has 0 saturated carbocycles. The van der Waals surface area contributed by atoms with Crippen LogP contribution in [0.2, 0.25) is 0 Å². The topological polar surface area (TPSA) is 77.0 Å². The molecule has 0 aliphatic rings. The molecule has 0 bridgehead atoms. The fourth-order valence-electron chi connectivity index (χ4n) is 2.58. The van der Waals surface area contributed by atoms with E-state index >= 15 is 0 Å². The number of nitrogens with zero attached hydrogens (tertiary/aromatic N) is 2. The molecular formula is C23H33FN4O3. The highest BCUT2D eigenvalue weighted by atomic mass is 19.1. The van der Waals surface area contributed by atoms with E-state index in [0.717, 1.165) is 31.6 Å². The Morgan fingerprint density at radius 2 is 1.90 bits per heavy atom. The van der Waals surface area contributed by atoms with Crippen LogP contribution in [0, 0.1) is 5.82 Å². The molecule has 2 N–H and O–H groups in total. The standard InChI is InChI=1S/C23H33FN4O3/c1-3-5-12-29-14-15-30-13-11-27-23(26-4-2)28-17-19-8-9-22(21(24)16-19)31-20-7-6-10-25-18-20/h6-10,16,18H,3-5,11-15,17H2,1-2H3,(H2,26,27,28). The molecule has 1 aromatic carbocycles. The Morgan fingerprint density at radius 1 is 1.06 bits per heavy atom. The summed E-state index contributed by atoms with van der Waals surface area (Å²) in [4.78, 5) is 8.46. The number of guanidine groups is 1. The van der Waals surface area contributed by atoms with E-state index in [1.165, 1.54) is 12.3 Å². The van der Waals surface area contributed by atoms with Crippen molar-refractivity contribution in [2.45, 2.75) is 33.2 Å². The van der Waals surface area contributed by atoms with Gasteiger partial charge in [-0.3, -0.25) is 4.98 Å². The summed E-state index contributed by atoms with van der Waals surface area (Å²) in [7, 11) is 0. The van der Waals surface area contributed by atoms with Crippen molar-refractivity contribution in [3.63, 3.8) is 0 Å². The van der Waals surface area contributed by atoms with E-state index in [0.29, 0.717) is 44.6 Å². The fraction of sp³-hybridized carbons (Fsp3) is 0.478. The number of aliphatic imine (C=N–C) groups is 1. The molecule has 0 amide bonds. The van der Waals surface area contributed by atoms with Gasteiger partial charge in [-0.25, -0.2) is 9.38 Å². The van der Waals surface area contributed by atoms with Crippen LogP contribution in [0.5, 0.6) is 11.5 Å². The molecule has 170 valence electrons. The van der Waals surface area contributed by atoms with Gasteiger partial charge >= 0.3 is 0 Å². The van der Waals surface area contributed by atoms with Gasteiger partial charge < -0.3 is 24.8 Å². The maximum atomic E-state index is 14.4. The molecule has 1 aromatic heterocycles. The summed E-state index contributed by atoms with van der Waals surface area (Å²) in [6.45, 7) is 8.34. The van der Waals surface area contributed by atoms with Gasteiger partial charge in [0.15, 0.2) is 17.5 Å². The molecule has 0 unspecified atom stereocenters. The van der Waals surface area contributed by atoms with Gasteiger partial charge in [0, 0.05) is 25.9 Å². The van der Waals surface area contributed by atoms with Gasteiger partial charge in [0.2, 0.25) is 0 Å². The summed E-state index contributed by atoms with van der Waals surface area (Å²) in [5.41, 5.74) is 0.744. The molecule has 2 aromatic rings. The molecule has 8 heteroatoms. The summed E-state index contributed by atoms with van der Waals surface area (Å²) in [6, 6.07) is 8.29. The minimum atomic E-state index is -0.441. The lowest BCUT2D eigenvalue weighted by Crippen LogP contribution is -2.39. The van der Waals surface area contributed by atoms with Crippen molar-refractivity contribution in [3.05, 3.63) is 54.1 Å². The van der Waals surface area contributed by atoms with Crippen LogP contribution >= 0.6 is 0 Å². The summed E-state index contributed by atoms with van der Waals surface area (Å²) in [5, 5.41) is 6.38. The zero-order chi connectivity index (χ0) is 22.2. The average Bonchev–Trinajstić information content (AvgIpc) is 2.78. The number of aromatic nitrogens is 1. The maximum Gasteiger partial charge on any atom is 0.191 e. The molecule has 7 nitrogen and oxygen atoms in total. The molecule has 1 heterocycles. The van der Waals surface area contributed by atoms with Crippen molar-refractivity contribution in [2.24, 2.45) is 4.99 Å². The van der Waals surface area contributed by atoms with Gasteiger partial charge in [0.25, 0.3) is 0 Å². The van der Waals surface area contributed by atoms with Gasteiger partial charge in [0.05, 0.1) is 32.6 Å². The van der Waals surface area contributed by atoms with E-state index in [1.807, 2.05) is 6.92 Å². The van der Waals surface area contributed by atoms with Crippen molar-refractivity contribution < 1.29 is 18.6 Å². The van der Waals surface area contributed by atoms with Crippen molar-refractivity contribution in [1.82, 2.24) is 15.6 Å². The minimum absolute atomic E-state index is 0.154. The van der Waals surface area contributed by atoms with Crippen molar-refractivity contribution >= 4 is 5.96 Å². The summed E-state index contributed by atoms with van der Waals surface area (Å²) in [5.74, 6) is 0.854. The minimum Gasteiger partial charge on any atom is -0.453 e. The SMILES string of the molecule is CCCCOCCOCCNC(=NCc1ccc(Oc2cccnc2)c(F)c1)NCC. The third-order valence-electron chi connectivity index (χ3n) is 4.18. The van der Waals surface area contributed by atoms with E-state index in [2.05, 4.69) is 27.5 Å². The molecule has 2 rings (SSSR count). The second kappa shape index (κ2) is 15.1. The van der Waals surface area contributed by atoms with E-state index in [-0.39, 0.29) is 5.75 Å². The Morgan fingerprint density at radius 3 is 2.61 bits per heavy atom. The molecule has 0 radical (unpaired) electrons. The number of ether oxygens (including phenoxy) is 3. The quantitative estimate of drug-likeness (QED) is 0.268. The average molecular weight is 433 g/mol. The lowest BCUT2D eigenvalue weighted by atomic mass is 10.2. The number of nitrogens with one attached hydrogen (secondary N) is 2. The maximum absolute atomic E-state index is 14.4. The number of pyridine rings is 1. The zero-order valence-corrected chi connectivity index (χ0v) is 18.4. The molecule has 0 spiro atoms. The highest BCUT2D eigenvalue weighted by Crippen LogP contribution is 2.24. The Bertz CT molecular complexity index is 775. The van der Waals surface area contributed by atoms with Crippen molar-refractivity contribution in [3.8, 4) is 11.5 Å². The highest BCUT2D eigenvalue weighted by molar-refractivity contribution is 5.79. The lowest BCUT2D eigenvalue weighted by molar-refractivity contribution is 0.0487. The molecule has 0 atom stereocenters. The van der Waals surface area contributed by atoms with Crippen LogP contribution < -0.4 is 15.4 Å². The van der Waals surface area contributed by atoms with Crippen LogP contribution in [0.15, 0.2) is 47.7 Å². The van der Waals surface area contributed by atoms with E-state index < -0.39 is 5.82 Å². The summed E-state index contributed by atoms with van der Waals surface area (Å²) in [6.07, 6.45) is 5.38. The first-order chi connectivity index (χ1) is 15.2. The van der Waals surface area contributed by atoms with Crippen LogP contribution in [-0.2, 0) is 16.0 Å². The zero-order valence-electron chi connectivity index (χ0n) is 18.4. The molecule has 0 fully saturated rings. The first kappa shape index (κ1) is 24.6. The number of unbranched alkanes of at least 4 members (excludes halogenated alkanes) is 1. The third-order valence-corrected chi connectivity index (χ3v) is 4.18. The van der Waals surface area contributed by atoms with E-state index in [1.54, 1.807) is 30.5 Å². The Kier molecular flexibility index (Phi) is 12.0. The van der Waals surface area contributed by atoms with E-state index in [4.69, 9.17) is 14.2 Å². The second-order valence-corrected chi connectivity index (χ2v) is 6.76. The number of halogens is 1. The normalized spacial score (nSPS) is 11.4. The molecule has 31 heavy (non-hydrogen) atoms. The van der Waals surface area contributed by atoms with Gasteiger partial charge in [-0.1, -0.05) is 19.4 Å². The molecule has 0 saturated heterocycles. The van der Waals surface area contributed by atoms with Crippen LogP contribution in [0.4, 0.5) is 4.39 Å². The first-order valence-corrected chi connectivity index (χ1v) is 10.8. The van der Waals surface area contributed by atoms with Crippen LogP contribution in [0.25, 0.3) is 0 Å². The number of hydrogen-bond acceptors (Lipinski definition) is 5. The summed E-state index contributed by atoms with van der Waals surface area (Å²) < 4.78 is 30.9. The number of hydrogen-bond donors (Lipinski definition) is 2. The van der Waals surface area contributed by atoms with Crippen LogP contribution in [0.3, 0.4) is 0 Å². The van der Waals surface area contributed by atoms with Gasteiger partial charge in [0.1, 0.15) is 5.75 Å². The number of benzene rings is 1. The van der Waals surface area contributed by atoms with Gasteiger partial charge in [-0.2, -0.15) is 0 Å². The summed E-state index contributed by atoms with van der Waals surface area (Å²) >= 11 is 0. The first-order valence-electron chi connectivity index (χ1n) is 10.8. The number of rotatable bonds is 14. The van der Waals surface area contributed by atoms with Crippen molar-refractivity contribution in [1.29, 1.82) is 0 Å². The Hall–Kier alpha value is -2.71. The van der Waals surface area contributed by atoms with Gasteiger partial charge in [-0.15, -0.1) is 0 Å². The lowest BCUT2D eigenvalue weighted by Gasteiger charge is -2.12. The predicted molar refractivity (Wildman–Crippen MR) is 120 cm³/mol. The predicted octanol–water partition coefficient (Wildman–Crippen LogP) is 3.90. The van der Waals surface area contributed by atoms with E-state index in [9.17, 15) is 4.39 Å². The van der Waals surface area contributed by atoms with Crippen LogP contribution in [-0.4, -0.2) is 50.5 Å². The second-order valence-electron chi connectivity index (χ2n) is 6.76. The van der Waals surface area contributed by atoms with Gasteiger partial charge in [-0.05, 0) is 43.2 Å². The molecule has 0 aliphatic heterocycles. The molecular weight excluding hydrogens is 399 g/mol. The largest absolute Gasteiger partial charge is 0.453 e. The Labute approximate surface area is 184 Å². The van der Waals surface area contributed by atoms with Crippen LogP contribution in [0.1, 0.15) is 32.3 Å². The smallest absolute Gasteiger partial charge is 0.191 e. The Balaban J connectivity index is 1.76. The highest BCUT2D eigenvalue weighted by Gasteiger charge is 2.07. The fourth-order valence-corrected chi connectivity index (χ4v) is 2.58. The van der Waals surface area contributed by atoms with Crippen molar-refractivity contribution in [2.75, 3.05) is 39.5 Å². The monoisotopic (exact) mass is 432 g/mol. The molecule has 0 aliphatic carbocycles. The third kappa shape index (κ3) is 10.2.